The molecular weight excluding hydrogens is 287 g/mol. The first-order valence-electron chi connectivity index (χ1n) is 6.12. The molecule has 0 saturated heterocycles. The van der Waals surface area contributed by atoms with Gasteiger partial charge in [0.1, 0.15) is 11.2 Å². The van der Waals surface area contributed by atoms with E-state index in [1.807, 2.05) is 0 Å². The number of carboxylic acid groups (broad SMARTS) is 1. The predicted molar refractivity (Wildman–Crippen MR) is 69.5 cm³/mol. The van der Waals surface area contributed by atoms with Crippen molar-refractivity contribution in [3.8, 4) is 0 Å². The number of hydrogen-bond donors (Lipinski definition) is 2. The van der Waals surface area contributed by atoms with Gasteiger partial charge in [-0.1, -0.05) is 19.1 Å². The van der Waals surface area contributed by atoms with E-state index >= 15 is 0 Å². The molecule has 0 aromatic heterocycles. The number of halogens is 1. The smallest absolute Gasteiger partial charge is 0.314 e. The number of hydrogen-bond acceptors (Lipinski definition) is 4. The van der Waals surface area contributed by atoms with Crippen LogP contribution in [-0.4, -0.2) is 42.2 Å². The number of aliphatic hydroxyl groups is 1. The number of benzene rings is 1. The highest BCUT2D eigenvalue weighted by atomic mass is 32.2. The minimum absolute atomic E-state index is 0.204. The second kappa shape index (κ2) is 4.82. The van der Waals surface area contributed by atoms with Crippen molar-refractivity contribution >= 4 is 15.8 Å². The first-order valence-corrected chi connectivity index (χ1v) is 7.84. The number of aliphatic hydroxyl groups excluding tert-OH is 1. The molecule has 1 aromatic carbocycles. The van der Waals surface area contributed by atoms with Crippen LogP contribution >= 0.6 is 0 Å². The number of rotatable bonds is 5. The summed E-state index contributed by atoms with van der Waals surface area (Å²) >= 11 is 0. The standard InChI is InChI=1S/C13H15FO5S/c1-2-20(18,19)11-10(13(11,7-15)12(16)17)8-3-5-9(14)6-4-8/h3-6,10-11,15H,2,7H2,1H3,(H,16,17)/t10-,11+,13-/m1/s1. The third-order valence-electron chi connectivity index (χ3n) is 3.93. The Balaban J connectivity index is 2.50. The lowest BCUT2D eigenvalue weighted by Gasteiger charge is -2.08. The molecule has 0 amide bonds. The monoisotopic (exact) mass is 302 g/mol. The molecule has 0 bridgehead atoms. The van der Waals surface area contributed by atoms with Gasteiger partial charge in [0.15, 0.2) is 9.84 Å². The van der Waals surface area contributed by atoms with Gasteiger partial charge in [-0.15, -0.1) is 0 Å². The highest BCUT2D eigenvalue weighted by molar-refractivity contribution is 7.92. The van der Waals surface area contributed by atoms with Crippen molar-refractivity contribution in [3.63, 3.8) is 0 Å². The third-order valence-corrected chi connectivity index (χ3v) is 6.21. The maximum Gasteiger partial charge on any atom is 0.314 e. The molecule has 7 heteroatoms. The van der Waals surface area contributed by atoms with Gasteiger partial charge in [-0.25, -0.2) is 12.8 Å². The van der Waals surface area contributed by atoms with Crippen LogP contribution in [0.2, 0.25) is 0 Å². The van der Waals surface area contributed by atoms with Gasteiger partial charge in [-0.05, 0) is 17.7 Å². The molecule has 20 heavy (non-hydrogen) atoms. The molecule has 1 aromatic rings. The van der Waals surface area contributed by atoms with Crippen molar-refractivity contribution in [2.24, 2.45) is 5.41 Å². The van der Waals surface area contributed by atoms with Crippen molar-refractivity contribution in [3.05, 3.63) is 35.6 Å². The molecule has 1 aliphatic rings. The quantitative estimate of drug-likeness (QED) is 0.839. The molecule has 1 saturated carbocycles. The van der Waals surface area contributed by atoms with Crippen LogP contribution in [0.4, 0.5) is 4.39 Å². The summed E-state index contributed by atoms with van der Waals surface area (Å²) in [5, 5.41) is 17.6. The summed E-state index contributed by atoms with van der Waals surface area (Å²) in [5.41, 5.74) is -1.32. The Morgan fingerprint density at radius 1 is 1.35 bits per heavy atom. The summed E-state index contributed by atoms with van der Waals surface area (Å²) in [6, 6.07) is 5.01. The summed E-state index contributed by atoms with van der Waals surface area (Å²) in [4.78, 5) is 11.4. The number of carboxylic acids is 1. The number of aliphatic carboxylic acids is 1. The van der Waals surface area contributed by atoms with Crippen LogP contribution in [0.1, 0.15) is 18.4 Å². The average Bonchev–Trinajstić information content (AvgIpc) is 3.11. The topological polar surface area (TPSA) is 91.7 Å². The van der Waals surface area contributed by atoms with E-state index in [0.717, 1.165) is 12.1 Å². The molecule has 0 heterocycles. The maximum atomic E-state index is 12.9. The average molecular weight is 302 g/mol. The minimum atomic E-state index is -3.63. The SMILES string of the molecule is CCS(=O)(=O)[C@H]1[C@@H](c2ccc(F)cc2)[C@@]1(CO)C(=O)O. The van der Waals surface area contributed by atoms with Crippen LogP contribution in [0.3, 0.4) is 0 Å². The van der Waals surface area contributed by atoms with Crippen LogP contribution in [0.5, 0.6) is 0 Å². The van der Waals surface area contributed by atoms with Crippen molar-refractivity contribution in [1.82, 2.24) is 0 Å². The molecule has 0 spiro atoms. The van der Waals surface area contributed by atoms with Crippen LogP contribution in [0.25, 0.3) is 0 Å². The molecule has 1 fully saturated rings. The summed E-state index contributed by atoms with van der Waals surface area (Å²) in [5.74, 6) is -2.90. The Labute approximate surface area is 116 Å². The van der Waals surface area contributed by atoms with Gasteiger partial charge in [0.2, 0.25) is 0 Å². The lowest BCUT2D eigenvalue weighted by Crippen LogP contribution is -2.28. The zero-order valence-corrected chi connectivity index (χ0v) is 11.6. The molecule has 110 valence electrons. The van der Waals surface area contributed by atoms with Crippen LogP contribution in [-0.2, 0) is 14.6 Å². The molecule has 1 aliphatic carbocycles. The van der Waals surface area contributed by atoms with Gasteiger partial charge in [-0.3, -0.25) is 4.79 Å². The first kappa shape index (κ1) is 14.9. The Bertz CT molecular complexity index is 625. The van der Waals surface area contributed by atoms with Crippen molar-refractivity contribution in [1.29, 1.82) is 0 Å². The maximum absolute atomic E-state index is 12.9. The van der Waals surface area contributed by atoms with E-state index in [2.05, 4.69) is 0 Å². The van der Waals surface area contributed by atoms with E-state index in [9.17, 15) is 27.8 Å². The highest BCUT2D eigenvalue weighted by Gasteiger charge is 2.75. The van der Waals surface area contributed by atoms with Crippen molar-refractivity contribution in [2.45, 2.75) is 18.1 Å². The zero-order chi connectivity index (χ0) is 15.1. The normalized spacial score (nSPS) is 29.1. The molecular formula is C13H15FO5S. The predicted octanol–water partition coefficient (Wildman–Crippen LogP) is 0.790. The van der Waals surface area contributed by atoms with Crippen molar-refractivity contribution < 1.29 is 27.8 Å². The second-order valence-electron chi connectivity index (χ2n) is 4.90. The lowest BCUT2D eigenvalue weighted by molar-refractivity contribution is -0.145. The van der Waals surface area contributed by atoms with Crippen molar-refractivity contribution in [2.75, 3.05) is 12.4 Å². The van der Waals surface area contributed by atoms with Gasteiger partial charge in [0, 0.05) is 11.7 Å². The fraction of sp³-hybridized carbons (Fsp3) is 0.462. The third kappa shape index (κ3) is 2.01. The summed E-state index contributed by atoms with van der Waals surface area (Å²) < 4.78 is 37.0. The molecule has 2 N–H and O–H groups in total. The number of sulfone groups is 1. The van der Waals surface area contributed by atoms with E-state index in [-0.39, 0.29) is 5.75 Å². The van der Waals surface area contributed by atoms with Gasteiger partial charge in [0.25, 0.3) is 0 Å². The molecule has 0 unspecified atom stereocenters. The van der Waals surface area contributed by atoms with E-state index in [4.69, 9.17) is 0 Å². The van der Waals surface area contributed by atoms with Crippen LogP contribution in [0, 0.1) is 11.2 Å². The Kier molecular flexibility index (Phi) is 3.60. The summed E-state index contributed by atoms with van der Waals surface area (Å²) in [6.07, 6.45) is 0. The Hall–Kier alpha value is -1.47. The second-order valence-corrected chi connectivity index (χ2v) is 7.32. The summed E-state index contributed by atoms with van der Waals surface area (Å²) in [6.45, 7) is 0.660. The van der Waals surface area contributed by atoms with E-state index in [0.29, 0.717) is 5.56 Å². The number of carbonyl (C=O) groups is 1. The van der Waals surface area contributed by atoms with Crippen LogP contribution < -0.4 is 0 Å². The fourth-order valence-electron chi connectivity index (χ4n) is 2.77. The molecule has 2 rings (SSSR count). The molecule has 3 atom stereocenters. The highest BCUT2D eigenvalue weighted by Crippen LogP contribution is 2.63. The van der Waals surface area contributed by atoms with E-state index in [1.165, 1.54) is 19.1 Å². The minimum Gasteiger partial charge on any atom is -0.481 e. The summed E-state index contributed by atoms with van der Waals surface area (Å²) in [7, 11) is -3.63. The Morgan fingerprint density at radius 2 is 1.90 bits per heavy atom. The zero-order valence-electron chi connectivity index (χ0n) is 10.8. The van der Waals surface area contributed by atoms with Crippen LogP contribution in [0.15, 0.2) is 24.3 Å². The first-order chi connectivity index (χ1) is 9.31. The molecule has 5 nitrogen and oxygen atoms in total. The lowest BCUT2D eigenvalue weighted by atomic mass is 10.0. The van der Waals surface area contributed by atoms with Gasteiger partial charge in [-0.2, -0.15) is 0 Å². The van der Waals surface area contributed by atoms with E-state index < -0.39 is 44.8 Å². The van der Waals surface area contributed by atoms with E-state index in [1.54, 1.807) is 0 Å². The Morgan fingerprint density at radius 3 is 2.30 bits per heavy atom. The molecule has 0 radical (unpaired) electrons. The van der Waals surface area contributed by atoms with Gasteiger partial charge < -0.3 is 10.2 Å². The largest absolute Gasteiger partial charge is 0.481 e. The van der Waals surface area contributed by atoms with Gasteiger partial charge in [0.05, 0.1) is 11.9 Å². The van der Waals surface area contributed by atoms with Gasteiger partial charge >= 0.3 is 5.97 Å². The molecule has 0 aliphatic heterocycles. The fourth-order valence-corrected chi connectivity index (χ4v) is 4.82.